The Hall–Kier alpha value is -0.920. The zero-order chi connectivity index (χ0) is 8.97. The Kier molecular flexibility index (Phi) is 3.20. The molecule has 0 aliphatic heterocycles. The van der Waals surface area contributed by atoms with E-state index in [4.69, 9.17) is 0 Å². The van der Waals surface area contributed by atoms with Crippen LogP contribution in [0.2, 0.25) is 0 Å². The quantitative estimate of drug-likeness (QED) is 0.685. The van der Waals surface area contributed by atoms with Crippen LogP contribution < -0.4 is 0 Å². The van der Waals surface area contributed by atoms with Gasteiger partial charge in [-0.3, -0.25) is 0 Å². The second kappa shape index (κ2) is 4.19. The molecular formula is C10H16N2. The third-order valence-corrected chi connectivity index (χ3v) is 1.93. The average Bonchev–Trinajstić information content (AvgIpc) is 2.08. The number of rotatable bonds is 3. The summed E-state index contributed by atoms with van der Waals surface area (Å²) in [7, 11) is 0. The minimum absolute atomic E-state index is 0.881. The zero-order valence-corrected chi connectivity index (χ0v) is 8.09. The predicted octanol–water partition coefficient (Wildman–Crippen LogP) is 2.30. The molecule has 1 aromatic rings. The smallest absolute Gasteiger partial charge is 0.125 e. The van der Waals surface area contributed by atoms with E-state index >= 15 is 0 Å². The van der Waals surface area contributed by atoms with Crippen molar-refractivity contribution in [2.24, 2.45) is 0 Å². The summed E-state index contributed by atoms with van der Waals surface area (Å²) in [6.45, 7) is 6.26. The van der Waals surface area contributed by atoms with Gasteiger partial charge in [0.05, 0.1) is 0 Å². The van der Waals surface area contributed by atoms with E-state index in [9.17, 15) is 0 Å². The summed E-state index contributed by atoms with van der Waals surface area (Å²) >= 11 is 0. The molecule has 2 nitrogen and oxygen atoms in total. The fourth-order valence-corrected chi connectivity index (χ4v) is 1.33. The summed E-state index contributed by atoms with van der Waals surface area (Å²) in [5.41, 5.74) is 2.52. The highest BCUT2D eigenvalue weighted by Gasteiger charge is 2.01. The first kappa shape index (κ1) is 9.17. The van der Waals surface area contributed by atoms with Crippen LogP contribution in [0.4, 0.5) is 0 Å². The van der Waals surface area contributed by atoms with Gasteiger partial charge in [-0.05, 0) is 25.3 Å². The van der Waals surface area contributed by atoms with Crippen LogP contribution >= 0.6 is 0 Å². The van der Waals surface area contributed by atoms with E-state index in [0.717, 1.165) is 18.7 Å². The molecule has 0 bridgehead atoms. The third kappa shape index (κ3) is 2.03. The van der Waals surface area contributed by atoms with Gasteiger partial charge in [-0.25, -0.2) is 9.97 Å². The van der Waals surface area contributed by atoms with Gasteiger partial charge in [0.1, 0.15) is 5.82 Å². The topological polar surface area (TPSA) is 25.8 Å². The molecule has 1 aromatic heterocycles. The summed E-state index contributed by atoms with van der Waals surface area (Å²) in [4.78, 5) is 8.59. The Labute approximate surface area is 74.1 Å². The number of aromatic nitrogens is 2. The number of hydrogen-bond acceptors (Lipinski definition) is 2. The van der Waals surface area contributed by atoms with E-state index in [-0.39, 0.29) is 0 Å². The van der Waals surface area contributed by atoms with Gasteiger partial charge >= 0.3 is 0 Å². The molecule has 0 aliphatic carbocycles. The van der Waals surface area contributed by atoms with Gasteiger partial charge in [-0.1, -0.05) is 20.3 Å². The Bertz CT molecular complexity index is 256. The molecule has 0 aromatic carbocycles. The van der Waals surface area contributed by atoms with Crippen molar-refractivity contribution in [3.8, 4) is 0 Å². The van der Waals surface area contributed by atoms with Crippen LogP contribution in [0.15, 0.2) is 6.20 Å². The average molecular weight is 164 g/mol. The highest BCUT2D eigenvalue weighted by molar-refractivity contribution is 5.17. The first-order valence-electron chi connectivity index (χ1n) is 4.59. The minimum Gasteiger partial charge on any atom is -0.241 e. The molecule has 2 heteroatoms. The molecular weight excluding hydrogens is 148 g/mol. The second-order valence-corrected chi connectivity index (χ2v) is 2.99. The van der Waals surface area contributed by atoms with E-state index in [1.165, 1.54) is 17.7 Å². The van der Waals surface area contributed by atoms with Crippen molar-refractivity contribution in [3.05, 3.63) is 23.3 Å². The molecule has 0 radical (unpaired) electrons. The largest absolute Gasteiger partial charge is 0.241 e. The molecule has 66 valence electrons. The van der Waals surface area contributed by atoms with Crippen LogP contribution in [-0.2, 0) is 12.8 Å². The molecule has 12 heavy (non-hydrogen) atoms. The first-order chi connectivity index (χ1) is 5.77. The lowest BCUT2D eigenvalue weighted by Crippen LogP contribution is -2.00. The SMILES string of the molecule is CCCc1cnc(C)nc1CC. The molecule has 0 saturated carbocycles. The van der Waals surface area contributed by atoms with Crippen molar-refractivity contribution in [2.45, 2.75) is 40.0 Å². The van der Waals surface area contributed by atoms with E-state index in [2.05, 4.69) is 23.8 Å². The van der Waals surface area contributed by atoms with E-state index in [1.54, 1.807) is 0 Å². The van der Waals surface area contributed by atoms with Crippen LogP contribution in [0.25, 0.3) is 0 Å². The van der Waals surface area contributed by atoms with Crippen molar-refractivity contribution in [1.29, 1.82) is 0 Å². The van der Waals surface area contributed by atoms with Crippen molar-refractivity contribution in [2.75, 3.05) is 0 Å². The van der Waals surface area contributed by atoms with Gasteiger partial charge in [0, 0.05) is 11.9 Å². The van der Waals surface area contributed by atoms with E-state index in [1.807, 2.05) is 13.1 Å². The van der Waals surface area contributed by atoms with Gasteiger partial charge < -0.3 is 0 Å². The van der Waals surface area contributed by atoms with Crippen LogP contribution in [0.3, 0.4) is 0 Å². The maximum atomic E-state index is 4.40. The molecule has 0 N–H and O–H groups in total. The van der Waals surface area contributed by atoms with Crippen LogP contribution in [0, 0.1) is 6.92 Å². The molecule has 1 rings (SSSR count). The van der Waals surface area contributed by atoms with Crippen molar-refractivity contribution < 1.29 is 0 Å². The second-order valence-electron chi connectivity index (χ2n) is 2.99. The molecule has 0 amide bonds. The highest BCUT2D eigenvalue weighted by atomic mass is 14.9. The summed E-state index contributed by atoms with van der Waals surface area (Å²) in [6, 6.07) is 0. The normalized spacial score (nSPS) is 10.2. The maximum absolute atomic E-state index is 4.40. The molecule has 0 fully saturated rings. The summed E-state index contributed by atoms with van der Waals surface area (Å²) in [6.07, 6.45) is 5.24. The van der Waals surface area contributed by atoms with Crippen molar-refractivity contribution >= 4 is 0 Å². The molecule has 0 saturated heterocycles. The zero-order valence-electron chi connectivity index (χ0n) is 8.09. The lowest BCUT2D eigenvalue weighted by Gasteiger charge is -2.04. The maximum Gasteiger partial charge on any atom is 0.125 e. The number of nitrogens with zero attached hydrogens (tertiary/aromatic N) is 2. The van der Waals surface area contributed by atoms with Gasteiger partial charge in [0.15, 0.2) is 0 Å². The van der Waals surface area contributed by atoms with Gasteiger partial charge in [-0.2, -0.15) is 0 Å². The monoisotopic (exact) mass is 164 g/mol. The first-order valence-corrected chi connectivity index (χ1v) is 4.59. The van der Waals surface area contributed by atoms with Gasteiger partial charge in [-0.15, -0.1) is 0 Å². The Morgan fingerprint density at radius 3 is 2.67 bits per heavy atom. The summed E-state index contributed by atoms with van der Waals surface area (Å²) < 4.78 is 0. The summed E-state index contributed by atoms with van der Waals surface area (Å²) in [5, 5.41) is 0. The minimum atomic E-state index is 0.881. The molecule has 0 aliphatic rings. The number of aryl methyl sites for hydroxylation is 3. The Morgan fingerprint density at radius 2 is 2.08 bits per heavy atom. The lowest BCUT2D eigenvalue weighted by atomic mass is 10.1. The fraction of sp³-hybridized carbons (Fsp3) is 0.600. The lowest BCUT2D eigenvalue weighted by molar-refractivity contribution is 0.843. The van der Waals surface area contributed by atoms with Crippen LogP contribution in [0.5, 0.6) is 0 Å². The molecule has 0 atom stereocenters. The van der Waals surface area contributed by atoms with Crippen molar-refractivity contribution in [1.82, 2.24) is 9.97 Å². The summed E-state index contributed by atoms with van der Waals surface area (Å²) in [5.74, 6) is 0.881. The third-order valence-electron chi connectivity index (χ3n) is 1.93. The number of hydrogen-bond donors (Lipinski definition) is 0. The highest BCUT2D eigenvalue weighted by Crippen LogP contribution is 2.08. The standard InChI is InChI=1S/C10H16N2/c1-4-6-9-7-11-8(3)12-10(9)5-2/h7H,4-6H2,1-3H3. The Morgan fingerprint density at radius 1 is 1.33 bits per heavy atom. The van der Waals surface area contributed by atoms with Gasteiger partial charge in [0.2, 0.25) is 0 Å². The fourth-order valence-electron chi connectivity index (χ4n) is 1.33. The molecule has 0 unspecified atom stereocenters. The predicted molar refractivity (Wildman–Crippen MR) is 50.1 cm³/mol. The van der Waals surface area contributed by atoms with Crippen LogP contribution in [0.1, 0.15) is 37.4 Å². The van der Waals surface area contributed by atoms with E-state index in [0.29, 0.717) is 0 Å². The molecule has 0 spiro atoms. The Balaban J connectivity index is 2.94. The van der Waals surface area contributed by atoms with E-state index < -0.39 is 0 Å². The van der Waals surface area contributed by atoms with Gasteiger partial charge in [0.25, 0.3) is 0 Å². The van der Waals surface area contributed by atoms with Crippen LogP contribution in [-0.4, -0.2) is 9.97 Å². The molecule has 1 heterocycles. The van der Waals surface area contributed by atoms with Crippen molar-refractivity contribution in [3.63, 3.8) is 0 Å².